The van der Waals surface area contributed by atoms with Crippen LogP contribution < -0.4 is 10.6 Å². The summed E-state index contributed by atoms with van der Waals surface area (Å²) in [4.78, 5) is 24.5. The molecule has 0 aromatic rings. The molecule has 0 bridgehead atoms. The number of morpholine rings is 1. The molecule has 90 valence electrons. The van der Waals surface area contributed by atoms with Crippen LogP contribution in [0.25, 0.3) is 0 Å². The summed E-state index contributed by atoms with van der Waals surface area (Å²) in [5.41, 5.74) is 0. The van der Waals surface area contributed by atoms with E-state index < -0.39 is 6.03 Å². The van der Waals surface area contributed by atoms with Gasteiger partial charge in [-0.15, -0.1) is 6.58 Å². The van der Waals surface area contributed by atoms with Gasteiger partial charge in [0.1, 0.15) is 0 Å². The zero-order chi connectivity index (χ0) is 11.8. The molecule has 0 spiro atoms. The fourth-order valence-electron chi connectivity index (χ4n) is 1.34. The van der Waals surface area contributed by atoms with Crippen molar-refractivity contribution in [3.63, 3.8) is 0 Å². The molecule has 0 aromatic carbocycles. The van der Waals surface area contributed by atoms with Gasteiger partial charge in [0.2, 0.25) is 5.91 Å². The average Bonchev–Trinajstić information content (AvgIpc) is 2.27. The number of ether oxygens (including phenoxy) is 1. The lowest BCUT2D eigenvalue weighted by Crippen LogP contribution is -2.47. The molecule has 1 heterocycles. The SMILES string of the molecule is C=CCNC(=O)NC(=O)CN1CCOCC1. The maximum atomic E-state index is 11.4. The van der Waals surface area contributed by atoms with Crippen molar-refractivity contribution in [1.82, 2.24) is 15.5 Å². The zero-order valence-electron chi connectivity index (χ0n) is 9.20. The van der Waals surface area contributed by atoms with E-state index in [9.17, 15) is 9.59 Å². The number of amides is 3. The van der Waals surface area contributed by atoms with Crippen molar-refractivity contribution in [3.05, 3.63) is 12.7 Å². The normalized spacial score (nSPS) is 16.5. The third-order valence-electron chi connectivity index (χ3n) is 2.13. The number of imide groups is 1. The van der Waals surface area contributed by atoms with Gasteiger partial charge < -0.3 is 10.1 Å². The van der Waals surface area contributed by atoms with Crippen LogP contribution >= 0.6 is 0 Å². The van der Waals surface area contributed by atoms with E-state index >= 15 is 0 Å². The molecule has 1 aliphatic rings. The minimum atomic E-state index is -0.488. The molecule has 0 atom stereocenters. The van der Waals surface area contributed by atoms with Gasteiger partial charge in [0.05, 0.1) is 19.8 Å². The fourth-order valence-corrected chi connectivity index (χ4v) is 1.34. The van der Waals surface area contributed by atoms with Crippen molar-refractivity contribution >= 4 is 11.9 Å². The summed E-state index contributed by atoms with van der Waals surface area (Å²) in [6.07, 6.45) is 1.55. The molecule has 1 fully saturated rings. The predicted molar refractivity (Wildman–Crippen MR) is 59.0 cm³/mol. The standard InChI is InChI=1S/C10H17N3O3/c1-2-3-11-10(15)12-9(14)8-13-4-6-16-7-5-13/h2H,1,3-8H2,(H2,11,12,14,15). The van der Waals surface area contributed by atoms with Gasteiger partial charge in [-0.05, 0) is 0 Å². The molecule has 3 amide bonds. The van der Waals surface area contributed by atoms with Crippen molar-refractivity contribution in [3.8, 4) is 0 Å². The number of carbonyl (C=O) groups is 2. The average molecular weight is 227 g/mol. The molecular weight excluding hydrogens is 210 g/mol. The molecule has 0 saturated carbocycles. The number of nitrogens with one attached hydrogen (secondary N) is 2. The Balaban J connectivity index is 2.18. The van der Waals surface area contributed by atoms with E-state index in [-0.39, 0.29) is 12.5 Å². The highest BCUT2D eigenvalue weighted by Gasteiger charge is 2.15. The molecule has 16 heavy (non-hydrogen) atoms. The summed E-state index contributed by atoms with van der Waals surface area (Å²) in [5.74, 6) is -0.302. The Hall–Kier alpha value is -1.40. The summed E-state index contributed by atoms with van der Waals surface area (Å²) in [6, 6.07) is -0.488. The smallest absolute Gasteiger partial charge is 0.321 e. The quantitative estimate of drug-likeness (QED) is 0.625. The summed E-state index contributed by atoms with van der Waals surface area (Å²) < 4.78 is 5.15. The van der Waals surface area contributed by atoms with Crippen LogP contribution in [0.15, 0.2) is 12.7 Å². The summed E-state index contributed by atoms with van der Waals surface area (Å²) in [7, 11) is 0. The molecule has 6 heteroatoms. The lowest BCUT2D eigenvalue weighted by atomic mass is 10.4. The van der Waals surface area contributed by atoms with E-state index in [1.165, 1.54) is 0 Å². The Kier molecular flexibility index (Phi) is 5.52. The zero-order valence-corrected chi connectivity index (χ0v) is 9.20. The van der Waals surface area contributed by atoms with Gasteiger partial charge >= 0.3 is 6.03 Å². The van der Waals surface area contributed by atoms with Gasteiger partial charge in [-0.3, -0.25) is 15.0 Å². The number of hydrogen-bond donors (Lipinski definition) is 2. The van der Waals surface area contributed by atoms with Gasteiger partial charge in [0, 0.05) is 19.6 Å². The molecule has 0 unspecified atom stereocenters. The largest absolute Gasteiger partial charge is 0.379 e. The fraction of sp³-hybridized carbons (Fsp3) is 0.600. The molecule has 0 aromatic heterocycles. The molecule has 2 N–H and O–H groups in total. The molecule has 1 rings (SSSR count). The van der Waals surface area contributed by atoms with Crippen LogP contribution in [-0.2, 0) is 9.53 Å². The highest BCUT2D eigenvalue weighted by atomic mass is 16.5. The van der Waals surface area contributed by atoms with Crippen LogP contribution in [-0.4, -0.2) is 56.2 Å². The third-order valence-corrected chi connectivity index (χ3v) is 2.13. The van der Waals surface area contributed by atoms with E-state index in [0.717, 1.165) is 13.1 Å². The van der Waals surface area contributed by atoms with Crippen molar-refractivity contribution in [2.75, 3.05) is 39.4 Å². The van der Waals surface area contributed by atoms with E-state index in [2.05, 4.69) is 17.2 Å². The third kappa shape index (κ3) is 4.90. The van der Waals surface area contributed by atoms with E-state index in [4.69, 9.17) is 4.74 Å². The van der Waals surface area contributed by atoms with Crippen molar-refractivity contribution in [2.24, 2.45) is 0 Å². The summed E-state index contributed by atoms with van der Waals surface area (Å²) >= 11 is 0. The van der Waals surface area contributed by atoms with Crippen LogP contribution in [0.1, 0.15) is 0 Å². The minimum absolute atomic E-state index is 0.227. The van der Waals surface area contributed by atoms with Crippen molar-refractivity contribution in [1.29, 1.82) is 0 Å². The lowest BCUT2D eigenvalue weighted by Gasteiger charge is -2.25. The van der Waals surface area contributed by atoms with Crippen LogP contribution in [0.5, 0.6) is 0 Å². The van der Waals surface area contributed by atoms with Crippen molar-refractivity contribution in [2.45, 2.75) is 0 Å². The second-order valence-corrected chi connectivity index (χ2v) is 3.44. The molecule has 1 saturated heterocycles. The first-order valence-corrected chi connectivity index (χ1v) is 5.21. The van der Waals surface area contributed by atoms with Crippen molar-refractivity contribution < 1.29 is 14.3 Å². The van der Waals surface area contributed by atoms with Gasteiger partial charge in [-0.1, -0.05) is 6.08 Å². The molecule has 0 radical (unpaired) electrons. The Morgan fingerprint density at radius 1 is 1.38 bits per heavy atom. The summed E-state index contributed by atoms with van der Waals surface area (Å²) in [6.45, 7) is 6.74. The second-order valence-electron chi connectivity index (χ2n) is 3.44. The Bertz CT molecular complexity index is 262. The molecule has 0 aliphatic carbocycles. The second kappa shape index (κ2) is 6.97. The van der Waals surface area contributed by atoms with Crippen LogP contribution in [0.2, 0.25) is 0 Å². The molecule has 6 nitrogen and oxygen atoms in total. The van der Waals surface area contributed by atoms with Gasteiger partial charge in [0.25, 0.3) is 0 Å². The first-order valence-electron chi connectivity index (χ1n) is 5.21. The Morgan fingerprint density at radius 2 is 2.06 bits per heavy atom. The van der Waals surface area contributed by atoms with Crippen LogP contribution in [0.4, 0.5) is 4.79 Å². The highest BCUT2D eigenvalue weighted by molar-refractivity contribution is 5.95. The van der Waals surface area contributed by atoms with Gasteiger partial charge in [-0.25, -0.2) is 4.79 Å². The Morgan fingerprint density at radius 3 is 2.69 bits per heavy atom. The minimum Gasteiger partial charge on any atom is -0.379 e. The van der Waals surface area contributed by atoms with E-state index in [1.54, 1.807) is 6.08 Å². The van der Waals surface area contributed by atoms with E-state index in [0.29, 0.717) is 19.8 Å². The monoisotopic (exact) mass is 227 g/mol. The lowest BCUT2D eigenvalue weighted by molar-refractivity contribution is -0.122. The van der Waals surface area contributed by atoms with Crippen LogP contribution in [0, 0.1) is 0 Å². The molecule has 1 aliphatic heterocycles. The predicted octanol–water partition coefficient (Wildman–Crippen LogP) is -0.670. The summed E-state index contributed by atoms with van der Waals surface area (Å²) in [5, 5.41) is 4.71. The number of carbonyl (C=O) groups excluding carboxylic acids is 2. The number of rotatable bonds is 4. The van der Waals surface area contributed by atoms with Crippen LogP contribution in [0.3, 0.4) is 0 Å². The Labute approximate surface area is 94.6 Å². The highest BCUT2D eigenvalue weighted by Crippen LogP contribution is 1.95. The number of hydrogen-bond acceptors (Lipinski definition) is 4. The first kappa shape index (κ1) is 12.7. The van der Waals surface area contributed by atoms with E-state index in [1.807, 2.05) is 4.90 Å². The molecular formula is C10H17N3O3. The van der Waals surface area contributed by atoms with Gasteiger partial charge in [0.15, 0.2) is 0 Å². The number of urea groups is 1. The number of nitrogens with zero attached hydrogens (tertiary/aromatic N) is 1. The first-order chi connectivity index (χ1) is 7.72. The van der Waals surface area contributed by atoms with Gasteiger partial charge in [-0.2, -0.15) is 0 Å². The topological polar surface area (TPSA) is 70.7 Å². The maximum absolute atomic E-state index is 11.4. The maximum Gasteiger partial charge on any atom is 0.321 e.